The van der Waals surface area contributed by atoms with Crippen LogP contribution in [-0.2, 0) is 19.9 Å². The van der Waals surface area contributed by atoms with Crippen molar-refractivity contribution in [3.05, 3.63) is 51.3 Å². The molecule has 2 aromatic rings. The summed E-state index contributed by atoms with van der Waals surface area (Å²) in [5.41, 5.74) is 1.52. The van der Waals surface area contributed by atoms with Crippen LogP contribution in [0.1, 0.15) is 17.0 Å². The molecule has 1 aromatic carbocycles. The molecule has 2 rings (SSSR count). The first-order valence-electron chi connectivity index (χ1n) is 6.19. The normalized spacial score (nSPS) is 12.7. The van der Waals surface area contributed by atoms with Crippen LogP contribution in [-0.4, -0.2) is 21.0 Å². The minimum absolute atomic E-state index is 0.0742. The molecular weight excluding hydrogens is 330 g/mol. The predicted octanol–water partition coefficient (Wildman–Crippen LogP) is 2.92. The molecule has 1 atom stereocenters. The van der Waals surface area contributed by atoms with Crippen LogP contribution in [0.4, 0.5) is 8.78 Å². The smallest absolute Gasteiger partial charge is 0.129 e. The minimum Gasteiger partial charge on any atom is -0.392 e. The Bertz CT molecular complexity index is 608. The maximum absolute atomic E-state index is 13.5. The standard InChI is InChI=1S/C14H15BrF2N2O/c1-8-14(15)13(19(2)18-8)7-9(20)6-10-11(16)4-3-5-12(10)17/h3-5,9,20H,6-7H2,1-2H3. The van der Waals surface area contributed by atoms with Gasteiger partial charge in [-0.3, -0.25) is 4.68 Å². The van der Waals surface area contributed by atoms with E-state index in [2.05, 4.69) is 21.0 Å². The molecule has 1 N–H and O–H groups in total. The van der Waals surface area contributed by atoms with Crippen molar-refractivity contribution in [3.8, 4) is 0 Å². The fraction of sp³-hybridized carbons (Fsp3) is 0.357. The van der Waals surface area contributed by atoms with Crippen LogP contribution in [0.3, 0.4) is 0 Å². The Hall–Kier alpha value is -1.27. The minimum atomic E-state index is -0.882. The highest BCUT2D eigenvalue weighted by Crippen LogP contribution is 2.23. The van der Waals surface area contributed by atoms with E-state index in [4.69, 9.17) is 0 Å². The van der Waals surface area contributed by atoms with Crippen molar-refractivity contribution < 1.29 is 13.9 Å². The molecule has 0 aliphatic heterocycles. The number of hydrogen-bond acceptors (Lipinski definition) is 2. The molecule has 1 aromatic heterocycles. The van der Waals surface area contributed by atoms with Crippen molar-refractivity contribution in [2.45, 2.75) is 25.9 Å². The van der Waals surface area contributed by atoms with Crippen LogP contribution in [0, 0.1) is 18.6 Å². The molecule has 0 saturated heterocycles. The highest BCUT2D eigenvalue weighted by Gasteiger charge is 2.18. The van der Waals surface area contributed by atoms with Crippen molar-refractivity contribution in [1.82, 2.24) is 9.78 Å². The van der Waals surface area contributed by atoms with E-state index in [9.17, 15) is 13.9 Å². The van der Waals surface area contributed by atoms with Gasteiger partial charge in [0.25, 0.3) is 0 Å². The molecule has 0 amide bonds. The lowest BCUT2D eigenvalue weighted by Gasteiger charge is -2.12. The van der Waals surface area contributed by atoms with Gasteiger partial charge in [-0.05, 0) is 35.0 Å². The lowest BCUT2D eigenvalue weighted by atomic mass is 10.0. The Morgan fingerprint density at radius 2 is 1.90 bits per heavy atom. The van der Waals surface area contributed by atoms with Gasteiger partial charge in [0.05, 0.1) is 22.0 Å². The zero-order valence-electron chi connectivity index (χ0n) is 11.2. The number of benzene rings is 1. The van der Waals surface area contributed by atoms with Gasteiger partial charge in [0, 0.05) is 25.5 Å². The van der Waals surface area contributed by atoms with E-state index in [1.807, 2.05) is 6.92 Å². The third kappa shape index (κ3) is 3.07. The number of hydrogen-bond donors (Lipinski definition) is 1. The summed E-state index contributed by atoms with van der Waals surface area (Å²) in [6.07, 6.45) is -0.687. The van der Waals surface area contributed by atoms with Crippen LogP contribution in [0.25, 0.3) is 0 Å². The van der Waals surface area contributed by atoms with Crippen molar-refractivity contribution >= 4 is 15.9 Å². The van der Waals surface area contributed by atoms with Crippen LogP contribution >= 0.6 is 15.9 Å². The Balaban J connectivity index is 2.15. The number of nitrogens with zero attached hydrogens (tertiary/aromatic N) is 2. The number of aliphatic hydroxyl groups excluding tert-OH is 1. The number of aliphatic hydroxyl groups is 1. The third-order valence-corrected chi connectivity index (χ3v) is 4.22. The lowest BCUT2D eigenvalue weighted by Crippen LogP contribution is -2.18. The highest BCUT2D eigenvalue weighted by atomic mass is 79.9. The molecule has 1 unspecified atom stereocenters. The Morgan fingerprint density at radius 3 is 2.40 bits per heavy atom. The first-order chi connectivity index (χ1) is 9.40. The molecule has 0 aliphatic rings. The van der Waals surface area contributed by atoms with Crippen LogP contribution in [0.5, 0.6) is 0 Å². The van der Waals surface area contributed by atoms with Crippen LogP contribution in [0.2, 0.25) is 0 Å². The summed E-state index contributed by atoms with van der Waals surface area (Å²) in [6.45, 7) is 1.84. The molecule has 6 heteroatoms. The second-order valence-corrected chi connectivity index (χ2v) is 5.52. The van der Waals surface area contributed by atoms with Gasteiger partial charge in [0.1, 0.15) is 11.6 Å². The molecule has 0 saturated carbocycles. The molecular formula is C14H15BrF2N2O. The maximum atomic E-state index is 13.5. The fourth-order valence-electron chi connectivity index (χ4n) is 2.16. The SMILES string of the molecule is Cc1nn(C)c(CC(O)Cc2c(F)cccc2F)c1Br. The summed E-state index contributed by atoms with van der Waals surface area (Å²) in [7, 11) is 1.77. The molecule has 0 radical (unpaired) electrons. The Labute approximate surface area is 124 Å². The third-order valence-electron chi connectivity index (χ3n) is 3.19. The van der Waals surface area contributed by atoms with Gasteiger partial charge < -0.3 is 5.11 Å². The summed E-state index contributed by atoms with van der Waals surface area (Å²) >= 11 is 3.40. The number of rotatable bonds is 4. The van der Waals surface area contributed by atoms with E-state index in [0.29, 0.717) is 0 Å². The van der Waals surface area contributed by atoms with Crippen LogP contribution < -0.4 is 0 Å². The van der Waals surface area contributed by atoms with E-state index in [-0.39, 0.29) is 18.4 Å². The zero-order chi connectivity index (χ0) is 14.9. The van der Waals surface area contributed by atoms with Gasteiger partial charge in [-0.2, -0.15) is 5.10 Å². The Morgan fingerprint density at radius 1 is 1.30 bits per heavy atom. The van der Waals surface area contributed by atoms with E-state index in [1.165, 1.54) is 18.2 Å². The van der Waals surface area contributed by atoms with Gasteiger partial charge in [0.2, 0.25) is 0 Å². The molecule has 1 heterocycles. The zero-order valence-corrected chi connectivity index (χ0v) is 12.8. The van der Waals surface area contributed by atoms with E-state index in [0.717, 1.165) is 15.9 Å². The summed E-state index contributed by atoms with van der Waals surface area (Å²) in [4.78, 5) is 0. The topological polar surface area (TPSA) is 38.0 Å². The summed E-state index contributed by atoms with van der Waals surface area (Å²) in [5.74, 6) is -1.27. The maximum Gasteiger partial charge on any atom is 0.129 e. The predicted molar refractivity (Wildman–Crippen MR) is 75.4 cm³/mol. The number of aromatic nitrogens is 2. The summed E-state index contributed by atoms with van der Waals surface area (Å²) in [6, 6.07) is 3.69. The molecule has 0 fully saturated rings. The summed E-state index contributed by atoms with van der Waals surface area (Å²) < 4.78 is 29.5. The summed E-state index contributed by atoms with van der Waals surface area (Å²) in [5, 5.41) is 14.3. The monoisotopic (exact) mass is 344 g/mol. The average molecular weight is 345 g/mol. The first kappa shape index (κ1) is 15.1. The van der Waals surface area contributed by atoms with Crippen molar-refractivity contribution in [2.24, 2.45) is 7.05 Å². The van der Waals surface area contributed by atoms with E-state index in [1.54, 1.807) is 11.7 Å². The van der Waals surface area contributed by atoms with Gasteiger partial charge in [0.15, 0.2) is 0 Å². The fourth-order valence-corrected chi connectivity index (χ4v) is 2.66. The Kier molecular flexibility index (Phi) is 4.55. The highest BCUT2D eigenvalue weighted by molar-refractivity contribution is 9.10. The van der Waals surface area contributed by atoms with Crippen molar-refractivity contribution in [3.63, 3.8) is 0 Å². The van der Waals surface area contributed by atoms with Gasteiger partial charge >= 0.3 is 0 Å². The molecule has 20 heavy (non-hydrogen) atoms. The quantitative estimate of drug-likeness (QED) is 0.925. The molecule has 0 aliphatic carbocycles. The first-order valence-corrected chi connectivity index (χ1v) is 6.98. The van der Waals surface area contributed by atoms with Gasteiger partial charge in [-0.1, -0.05) is 6.07 Å². The lowest BCUT2D eigenvalue weighted by molar-refractivity contribution is 0.170. The van der Waals surface area contributed by atoms with Crippen LogP contribution in [0.15, 0.2) is 22.7 Å². The molecule has 0 spiro atoms. The van der Waals surface area contributed by atoms with Crippen molar-refractivity contribution in [2.75, 3.05) is 0 Å². The van der Waals surface area contributed by atoms with E-state index < -0.39 is 17.7 Å². The number of halogens is 3. The largest absolute Gasteiger partial charge is 0.392 e. The molecule has 0 bridgehead atoms. The van der Waals surface area contributed by atoms with E-state index >= 15 is 0 Å². The van der Waals surface area contributed by atoms with Gasteiger partial charge in [-0.25, -0.2) is 8.78 Å². The van der Waals surface area contributed by atoms with Gasteiger partial charge in [-0.15, -0.1) is 0 Å². The average Bonchev–Trinajstić information content (AvgIpc) is 2.61. The second kappa shape index (κ2) is 6.01. The molecule has 108 valence electrons. The molecule has 3 nitrogen and oxygen atoms in total. The second-order valence-electron chi connectivity index (χ2n) is 4.73. The number of aryl methyl sites for hydroxylation is 2. The van der Waals surface area contributed by atoms with Crippen molar-refractivity contribution in [1.29, 1.82) is 0 Å².